The largest absolute Gasteiger partial charge is 0.481 e. The number of rotatable bonds is 7. The molecule has 0 heterocycles. The highest BCUT2D eigenvalue weighted by Gasteiger charge is 2.17. The number of sulfonamides is 1. The van der Waals surface area contributed by atoms with E-state index in [1.807, 2.05) is 19.9 Å². The molecule has 5 nitrogen and oxygen atoms in total. The number of anilines is 1. The molecule has 0 fully saturated rings. The van der Waals surface area contributed by atoms with Gasteiger partial charge in [-0.1, -0.05) is 49.4 Å². The van der Waals surface area contributed by atoms with E-state index in [0.717, 1.165) is 5.56 Å². The molecule has 148 valence electrons. The highest BCUT2D eigenvalue weighted by atomic mass is 35.5. The van der Waals surface area contributed by atoms with Crippen LogP contribution in [0.4, 0.5) is 5.69 Å². The average molecular weight is 420 g/mol. The zero-order chi connectivity index (χ0) is 20.7. The normalized spacial score (nSPS) is 11.0. The number of aliphatic carboxylic acids is 1. The number of unbranched alkanes of at least 4 members (excludes halogenated alkanes) is 1. The molecule has 0 saturated carbocycles. The second-order valence-electron chi connectivity index (χ2n) is 6.57. The van der Waals surface area contributed by atoms with Crippen LogP contribution >= 0.6 is 11.6 Å². The van der Waals surface area contributed by atoms with Gasteiger partial charge in [0.1, 0.15) is 0 Å². The maximum Gasteiger partial charge on any atom is 0.303 e. The van der Waals surface area contributed by atoms with Crippen molar-refractivity contribution in [3.05, 3.63) is 58.6 Å². The summed E-state index contributed by atoms with van der Waals surface area (Å²) in [4.78, 5) is 10.7. The molecule has 2 rings (SSSR count). The van der Waals surface area contributed by atoms with Crippen molar-refractivity contribution in [3.8, 4) is 11.8 Å². The molecule has 2 N–H and O–H groups in total. The van der Waals surface area contributed by atoms with Crippen LogP contribution in [0.2, 0.25) is 5.02 Å². The SMILES string of the molecule is CC(C)c1cccc(S(=O)(=O)Nc2ccc(Cl)cc2C#CCCCC(=O)O)c1. The first-order chi connectivity index (χ1) is 13.2. The van der Waals surface area contributed by atoms with Crippen LogP contribution in [0.5, 0.6) is 0 Å². The molecular weight excluding hydrogens is 398 g/mol. The molecule has 0 aromatic heterocycles. The smallest absolute Gasteiger partial charge is 0.303 e. The molecule has 0 aliphatic heterocycles. The molecule has 2 aromatic rings. The Balaban J connectivity index is 2.27. The number of hydrogen-bond donors (Lipinski definition) is 2. The second-order valence-corrected chi connectivity index (χ2v) is 8.69. The Kier molecular flexibility index (Phi) is 7.50. The number of carboxylic acids is 1. The quantitative estimate of drug-likeness (QED) is 0.495. The number of nitrogens with one attached hydrogen (secondary N) is 1. The Morgan fingerprint density at radius 2 is 1.96 bits per heavy atom. The minimum absolute atomic E-state index is 0.0376. The van der Waals surface area contributed by atoms with E-state index in [4.69, 9.17) is 16.7 Å². The van der Waals surface area contributed by atoms with Crippen LogP contribution in [0.3, 0.4) is 0 Å². The maximum absolute atomic E-state index is 12.8. The van der Waals surface area contributed by atoms with Crippen LogP contribution in [-0.4, -0.2) is 19.5 Å². The first-order valence-corrected chi connectivity index (χ1v) is 10.7. The number of benzene rings is 2. The fraction of sp³-hybridized carbons (Fsp3) is 0.286. The van der Waals surface area contributed by atoms with Gasteiger partial charge in [-0.15, -0.1) is 0 Å². The standard InChI is InChI=1S/C21H22ClNO4S/c1-15(2)16-8-6-9-19(14-16)28(26,27)23-20-12-11-18(22)13-17(20)7-4-3-5-10-21(24)25/h6,8-9,11-15,23H,3,5,10H2,1-2H3,(H,24,25). The number of hydrogen-bond acceptors (Lipinski definition) is 3. The van der Waals surface area contributed by atoms with Crippen LogP contribution < -0.4 is 4.72 Å². The predicted octanol–water partition coefficient (Wildman–Crippen LogP) is 4.87. The highest BCUT2D eigenvalue weighted by Crippen LogP contribution is 2.25. The van der Waals surface area contributed by atoms with E-state index in [2.05, 4.69) is 16.6 Å². The third-order valence-corrected chi connectivity index (χ3v) is 5.57. The molecule has 0 spiro atoms. The molecule has 0 aliphatic rings. The van der Waals surface area contributed by atoms with E-state index in [-0.39, 0.29) is 17.2 Å². The van der Waals surface area contributed by atoms with Crippen molar-refractivity contribution in [2.24, 2.45) is 0 Å². The fourth-order valence-corrected chi connectivity index (χ4v) is 3.75. The van der Waals surface area contributed by atoms with Crippen LogP contribution in [0.1, 0.15) is 50.2 Å². The first-order valence-electron chi connectivity index (χ1n) is 8.82. The van der Waals surface area contributed by atoms with Gasteiger partial charge in [0.2, 0.25) is 0 Å². The third kappa shape index (κ3) is 6.29. The van der Waals surface area contributed by atoms with Gasteiger partial charge in [-0.05, 0) is 48.2 Å². The third-order valence-electron chi connectivity index (χ3n) is 3.98. The van der Waals surface area contributed by atoms with Gasteiger partial charge in [-0.2, -0.15) is 0 Å². The Labute approximate surface area is 170 Å². The van der Waals surface area contributed by atoms with E-state index < -0.39 is 16.0 Å². The number of halogens is 1. The van der Waals surface area contributed by atoms with Gasteiger partial charge in [0, 0.05) is 17.9 Å². The van der Waals surface area contributed by atoms with Crippen LogP contribution in [0.15, 0.2) is 47.4 Å². The summed E-state index contributed by atoms with van der Waals surface area (Å²) in [7, 11) is -3.79. The summed E-state index contributed by atoms with van der Waals surface area (Å²) >= 11 is 6.02. The average Bonchev–Trinajstić information content (AvgIpc) is 2.63. The van der Waals surface area contributed by atoms with Gasteiger partial charge in [-0.3, -0.25) is 9.52 Å². The molecule has 0 radical (unpaired) electrons. The lowest BCUT2D eigenvalue weighted by molar-refractivity contribution is -0.137. The Morgan fingerprint density at radius 3 is 2.64 bits per heavy atom. The van der Waals surface area contributed by atoms with Gasteiger partial charge < -0.3 is 5.11 Å². The van der Waals surface area contributed by atoms with Crippen molar-refractivity contribution < 1.29 is 18.3 Å². The van der Waals surface area contributed by atoms with Crippen LogP contribution in [-0.2, 0) is 14.8 Å². The van der Waals surface area contributed by atoms with Crippen molar-refractivity contribution in [1.82, 2.24) is 0 Å². The maximum atomic E-state index is 12.8. The lowest BCUT2D eigenvalue weighted by atomic mass is 10.0. The Morgan fingerprint density at radius 1 is 1.21 bits per heavy atom. The summed E-state index contributed by atoms with van der Waals surface area (Å²) in [6.07, 6.45) is 0.850. The summed E-state index contributed by atoms with van der Waals surface area (Å²) in [5, 5.41) is 9.09. The Bertz CT molecular complexity index is 1020. The topological polar surface area (TPSA) is 83.5 Å². The molecule has 2 aromatic carbocycles. The summed E-state index contributed by atoms with van der Waals surface area (Å²) in [6, 6.07) is 11.5. The molecule has 0 aliphatic carbocycles. The summed E-state index contributed by atoms with van der Waals surface area (Å²) in [6.45, 7) is 3.99. The monoisotopic (exact) mass is 419 g/mol. The summed E-state index contributed by atoms with van der Waals surface area (Å²) in [5.74, 6) is 5.08. The van der Waals surface area contributed by atoms with E-state index in [9.17, 15) is 13.2 Å². The lowest BCUT2D eigenvalue weighted by Crippen LogP contribution is -2.14. The zero-order valence-electron chi connectivity index (χ0n) is 15.7. The van der Waals surface area contributed by atoms with Crippen molar-refractivity contribution >= 4 is 33.3 Å². The van der Waals surface area contributed by atoms with E-state index in [0.29, 0.717) is 29.1 Å². The zero-order valence-corrected chi connectivity index (χ0v) is 17.3. The van der Waals surface area contributed by atoms with E-state index in [1.54, 1.807) is 36.4 Å². The minimum atomic E-state index is -3.79. The summed E-state index contributed by atoms with van der Waals surface area (Å²) in [5.41, 5.74) is 1.69. The molecule has 0 unspecified atom stereocenters. The van der Waals surface area contributed by atoms with E-state index >= 15 is 0 Å². The molecule has 0 saturated heterocycles. The lowest BCUT2D eigenvalue weighted by Gasteiger charge is -2.12. The molecule has 28 heavy (non-hydrogen) atoms. The van der Waals surface area contributed by atoms with Gasteiger partial charge in [0.25, 0.3) is 10.0 Å². The fourth-order valence-electron chi connectivity index (χ4n) is 2.44. The van der Waals surface area contributed by atoms with Gasteiger partial charge in [-0.25, -0.2) is 8.42 Å². The van der Waals surface area contributed by atoms with E-state index in [1.165, 1.54) is 0 Å². The number of carbonyl (C=O) groups is 1. The second kappa shape index (κ2) is 9.63. The van der Waals surface area contributed by atoms with Crippen molar-refractivity contribution in [2.75, 3.05) is 4.72 Å². The molecule has 0 atom stereocenters. The van der Waals surface area contributed by atoms with Gasteiger partial charge >= 0.3 is 5.97 Å². The highest BCUT2D eigenvalue weighted by molar-refractivity contribution is 7.92. The van der Waals surface area contributed by atoms with Gasteiger partial charge in [0.15, 0.2) is 0 Å². The minimum Gasteiger partial charge on any atom is -0.481 e. The molecule has 0 amide bonds. The number of carboxylic acid groups (broad SMARTS) is 1. The van der Waals surface area contributed by atoms with Crippen LogP contribution in [0, 0.1) is 11.8 Å². The van der Waals surface area contributed by atoms with Crippen LogP contribution in [0.25, 0.3) is 0 Å². The predicted molar refractivity (Wildman–Crippen MR) is 111 cm³/mol. The van der Waals surface area contributed by atoms with Crippen molar-refractivity contribution in [3.63, 3.8) is 0 Å². The molecule has 0 bridgehead atoms. The molecule has 7 heteroatoms. The van der Waals surface area contributed by atoms with Gasteiger partial charge in [0.05, 0.1) is 16.1 Å². The van der Waals surface area contributed by atoms with Crippen molar-refractivity contribution in [1.29, 1.82) is 0 Å². The Hall–Kier alpha value is -2.49. The first kappa shape index (κ1) is 21.8. The summed E-state index contributed by atoms with van der Waals surface area (Å²) < 4.78 is 28.2. The molecular formula is C21H22ClNO4S. The van der Waals surface area contributed by atoms with Crippen molar-refractivity contribution in [2.45, 2.75) is 43.9 Å².